The molecule has 0 aromatic heterocycles. The zero-order valence-corrected chi connectivity index (χ0v) is 8.99. The molecule has 1 aliphatic carbocycles. The average molecular weight is 205 g/mol. The van der Waals surface area contributed by atoms with Crippen LogP contribution in [0.5, 0.6) is 0 Å². The number of anilines is 1. The summed E-state index contributed by atoms with van der Waals surface area (Å²) >= 11 is 0. The van der Waals surface area contributed by atoms with Gasteiger partial charge in [-0.1, -0.05) is 12.1 Å². The number of nitrogen functional groups attached to an aromatic ring is 1. The quantitative estimate of drug-likeness (QED) is 0.592. The minimum atomic E-state index is -0.109. The predicted molar refractivity (Wildman–Crippen MR) is 58.5 cm³/mol. The summed E-state index contributed by atoms with van der Waals surface area (Å²) in [7, 11) is 1.43. The van der Waals surface area contributed by atoms with Gasteiger partial charge in [-0.3, -0.25) is 4.79 Å². The van der Waals surface area contributed by atoms with Gasteiger partial charge in [0, 0.05) is 5.69 Å². The zero-order chi connectivity index (χ0) is 11.0. The lowest BCUT2D eigenvalue weighted by molar-refractivity contribution is -0.142. The molecule has 0 heterocycles. The number of carbonyl (C=O) groups is 1. The van der Waals surface area contributed by atoms with Gasteiger partial charge < -0.3 is 10.5 Å². The van der Waals surface area contributed by atoms with E-state index >= 15 is 0 Å². The summed E-state index contributed by atoms with van der Waals surface area (Å²) in [6.07, 6.45) is 0.886. The van der Waals surface area contributed by atoms with Gasteiger partial charge in [-0.05, 0) is 36.5 Å². The van der Waals surface area contributed by atoms with E-state index in [4.69, 9.17) is 10.5 Å². The van der Waals surface area contributed by atoms with Gasteiger partial charge in [0.05, 0.1) is 13.0 Å². The lowest BCUT2D eigenvalue weighted by atomic mass is 10.0. The SMILES string of the molecule is COC(=O)[C@@H]1C[C@H]1c1cccc(N)c1C. The van der Waals surface area contributed by atoms with E-state index in [2.05, 4.69) is 0 Å². The largest absolute Gasteiger partial charge is 0.469 e. The van der Waals surface area contributed by atoms with Crippen molar-refractivity contribution in [3.05, 3.63) is 29.3 Å². The number of hydrogen-bond donors (Lipinski definition) is 1. The van der Waals surface area contributed by atoms with Gasteiger partial charge in [-0.2, -0.15) is 0 Å². The van der Waals surface area contributed by atoms with E-state index in [9.17, 15) is 4.79 Å². The highest BCUT2D eigenvalue weighted by Gasteiger charge is 2.45. The molecule has 0 saturated heterocycles. The first-order valence-electron chi connectivity index (χ1n) is 5.08. The number of nitrogens with two attached hydrogens (primary N) is 1. The van der Waals surface area contributed by atoms with Gasteiger partial charge in [-0.25, -0.2) is 0 Å². The summed E-state index contributed by atoms with van der Waals surface area (Å²) in [5.41, 5.74) is 8.90. The Morgan fingerprint density at radius 1 is 1.53 bits per heavy atom. The van der Waals surface area contributed by atoms with Crippen LogP contribution in [0.4, 0.5) is 5.69 Å². The number of rotatable bonds is 2. The molecule has 0 unspecified atom stereocenters. The van der Waals surface area contributed by atoms with Crippen molar-refractivity contribution in [2.75, 3.05) is 12.8 Å². The Hall–Kier alpha value is -1.51. The van der Waals surface area contributed by atoms with Crippen LogP contribution in [0.25, 0.3) is 0 Å². The zero-order valence-electron chi connectivity index (χ0n) is 8.99. The van der Waals surface area contributed by atoms with Gasteiger partial charge in [0.15, 0.2) is 0 Å². The Balaban J connectivity index is 2.20. The van der Waals surface area contributed by atoms with Crippen molar-refractivity contribution in [1.82, 2.24) is 0 Å². The second-order valence-corrected chi connectivity index (χ2v) is 4.03. The van der Waals surface area contributed by atoms with Crippen LogP contribution in [-0.4, -0.2) is 13.1 Å². The predicted octanol–water partition coefficient (Wildman–Crippen LogP) is 1.85. The van der Waals surface area contributed by atoms with Crippen molar-refractivity contribution >= 4 is 11.7 Å². The van der Waals surface area contributed by atoms with Gasteiger partial charge in [0.1, 0.15) is 0 Å². The summed E-state index contributed by atoms with van der Waals surface area (Å²) in [5, 5.41) is 0. The molecule has 1 saturated carbocycles. The maximum atomic E-state index is 11.3. The lowest BCUT2D eigenvalue weighted by Crippen LogP contribution is -2.04. The molecule has 15 heavy (non-hydrogen) atoms. The number of methoxy groups -OCH3 is 1. The smallest absolute Gasteiger partial charge is 0.309 e. The molecule has 0 spiro atoms. The molecule has 0 bridgehead atoms. The first-order chi connectivity index (χ1) is 7.15. The van der Waals surface area contributed by atoms with Gasteiger partial charge in [-0.15, -0.1) is 0 Å². The highest BCUT2D eigenvalue weighted by atomic mass is 16.5. The molecule has 1 aromatic rings. The summed E-state index contributed by atoms with van der Waals surface area (Å²) < 4.78 is 4.73. The standard InChI is InChI=1S/C12H15NO2/c1-7-8(4-3-5-11(7)13)9-6-10(9)12(14)15-2/h3-5,9-10H,6,13H2,1-2H3/t9-,10+/m0/s1. The highest BCUT2D eigenvalue weighted by Crippen LogP contribution is 2.49. The number of esters is 1. The molecule has 2 rings (SSSR count). The van der Waals surface area contributed by atoms with Crippen LogP contribution in [0.15, 0.2) is 18.2 Å². The fourth-order valence-corrected chi connectivity index (χ4v) is 2.02. The third-order valence-electron chi connectivity index (χ3n) is 3.11. The van der Waals surface area contributed by atoms with Crippen molar-refractivity contribution in [3.63, 3.8) is 0 Å². The van der Waals surface area contributed by atoms with Crippen molar-refractivity contribution in [2.24, 2.45) is 5.92 Å². The Kier molecular flexibility index (Phi) is 2.39. The fourth-order valence-electron chi connectivity index (χ4n) is 2.02. The lowest BCUT2D eigenvalue weighted by Gasteiger charge is -2.07. The Bertz CT molecular complexity index is 401. The summed E-state index contributed by atoms with van der Waals surface area (Å²) in [6.45, 7) is 2.00. The highest BCUT2D eigenvalue weighted by molar-refractivity contribution is 5.77. The van der Waals surface area contributed by atoms with Crippen LogP contribution in [-0.2, 0) is 9.53 Å². The normalized spacial score (nSPS) is 23.6. The minimum absolute atomic E-state index is 0.0375. The molecule has 0 radical (unpaired) electrons. The second-order valence-electron chi connectivity index (χ2n) is 4.03. The number of ether oxygens (including phenoxy) is 1. The van der Waals surface area contributed by atoms with Crippen LogP contribution in [0.2, 0.25) is 0 Å². The molecule has 3 heteroatoms. The van der Waals surface area contributed by atoms with Gasteiger partial charge in [0.25, 0.3) is 0 Å². The third-order valence-corrected chi connectivity index (χ3v) is 3.11. The van der Waals surface area contributed by atoms with E-state index in [1.807, 2.05) is 25.1 Å². The molecule has 1 aliphatic rings. The van der Waals surface area contributed by atoms with Crippen LogP contribution >= 0.6 is 0 Å². The molecule has 2 N–H and O–H groups in total. The monoisotopic (exact) mass is 205 g/mol. The van der Waals surface area contributed by atoms with Gasteiger partial charge >= 0.3 is 5.97 Å². The van der Waals surface area contributed by atoms with Gasteiger partial charge in [0.2, 0.25) is 0 Å². The molecule has 0 aliphatic heterocycles. The molecule has 1 aromatic carbocycles. The van der Waals surface area contributed by atoms with Crippen LogP contribution < -0.4 is 5.73 Å². The summed E-state index contributed by atoms with van der Waals surface area (Å²) in [4.78, 5) is 11.3. The van der Waals surface area contributed by atoms with Crippen LogP contribution in [0.3, 0.4) is 0 Å². The minimum Gasteiger partial charge on any atom is -0.469 e. The second kappa shape index (κ2) is 3.57. The molecule has 2 atom stereocenters. The van der Waals surface area contributed by atoms with Crippen molar-refractivity contribution in [3.8, 4) is 0 Å². The van der Waals surface area contributed by atoms with Crippen molar-refractivity contribution in [2.45, 2.75) is 19.3 Å². The molecule has 1 fully saturated rings. The van der Waals surface area contributed by atoms with E-state index in [0.717, 1.165) is 17.7 Å². The first-order valence-corrected chi connectivity index (χ1v) is 5.08. The maximum Gasteiger partial charge on any atom is 0.309 e. The van der Waals surface area contributed by atoms with E-state index in [0.29, 0.717) is 5.92 Å². The topological polar surface area (TPSA) is 52.3 Å². The third kappa shape index (κ3) is 1.69. The Morgan fingerprint density at radius 2 is 2.27 bits per heavy atom. The van der Waals surface area contributed by atoms with Crippen molar-refractivity contribution in [1.29, 1.82) is 0 Å². The summed E-state index contributed by atoms with van der Waals surface area (Å²) in [5.74, 6) is 0.235. The molecular formula is C12H15NO2. The fraction of sp³-hybridized carbons (Fsp3) is 0.417. The van der Waals surface area contributed by atoms with E-state index in [-0.39, 0.29) is 11.9 Å². The van der Waals surface area contributed by atoms with E-state index in [1.54, 1.807) is 0 Å². The van der Waals surface area contributed by atoms with E-state index in [1.165, 1.54) is 12.7 Å². The molecule has 0 amide bonds. The number of hydrogen-bond acceptors (Lipinski definition) is 3. The summed E-state index contributed by atoms with van der Waals surface area (Å²) in [6, 6.07) is 5.86. The maximum absolute atomic E-state index is 11.3. The average Bonchev–Trinajstić information content (AvgIpc) is 3.01. The number of benzene rings is 1. The van der Waals surface area contributed by atoms with E-state index < -0.39 is 0 Å². The van der Waals surface area contributed by atoms with Crippen LogP contribution in [0.1, 0.15) is 23.5 Å². The Morgan fingerprint density at radius 3 is 2.93 bits per heavy atom. The van der Waals surface area contributed by atoms with Crippen LogP contribution in [0, 0.1) is 12.8 Å². The molecule has 80 valence electrons. The molecule has 3 nitrogen and oxygen atoms in total. The first kappa shape index (κ1) is 10.0. The Labute approximate surface area is 89.2 Å². The molecular weight excluding hydrogens is 190 g/mol. The number of carbonyl (C=O) groups excluding carboxylic acids is 1. The van der Waals surface area contributed by atoms with Crippen molar-refractivity contribution < 1.29 is 9.53 Å².